The molecule has 0 aliphatic carbocycles. The van der Waals surface area contributed by atoms with Gasteiger partial charge in [0.1, 0.15) is 17.1 Å². The molecule has 4 rings (SSSR count). The van der Waals surface area contributed by atoms with Gasteiger partial charge in [-0.25, -0.2) is 4.39 Å². The van der Waals surface area contributed by atoms with Crippen LogP contribution in [-0.4, -0.2) is 26.6 Å². The van der Waals surface area contributed by atoms with E-state index in [-0.39, 0.29) is 22.1 Å². The Morgan fingerprint density at radius 1 is 1.03 bits per heavy atom. The molecule has 0 radical (unpaired) electrons. The number of thiocarbonyl (C=S) groups is 1. The highest BCUT2D eigenvalue weighted by Gasteiger charge is 2.34. The van der Waals surface area contributed by atoms with Crippen molar-refractivity contribution in [2.75, 3.05) is 4.90 Å². The molecule has 1 aliphatic heterocycles. The quantitative estimate of drug-likeness (QED) is 0.373. The average Bonchev–Trinajstić information content (AvgIpc) is 2.99. The molecule has 2 amide bonds. The van der Waals surface area contributed by atoms with Gasteiger partial charge in [0.25, 0.3) is 11.8 Å². The van der Waals surface area contributed by atoms with Crippen LogP contribution >= 0.6 is 12.2 Å². The molecule has 1 saturated heterocycles. The van der Waals surface area contributed by atoms with Crippen molar-refractivity contribution >= 4 is 40.9 Å². The van der Waals surface area contributed by atoms with Crippen molar-refractivity contribution in [1.29, 1.82) is 0 Å². The number of carbonyl (C=O) groups is 2. The maximum Gasteiger partial charge on any atom is 0.270 e. The van der Waals surface area contributed by atoms with Gasteiger partial charge in [-0.1, -0.05) is 6.07 Å². The number of phenolic OH excluding ortho intramolecular Hbond substituents is 1. The van der Waals surface area contributed by atoms with Gasteiger partial charge in [0.05, 0.1) is 5.69 Å². The van der Waals surface area contributed by atoms with Crippen molar-refractivity contribution in [3.63, 3.8) is 0 Å². The molecule has 3 aromatic rings. The first-order valence-corrected chi connectivity index (χ1v) is 9.82. The fourth-order valence-electron chi connectivity index (χ4n) is 3.60. The van der Waals surface area contributed by atoms with E-state index in [1.54, 1.807) is 30.3 Å². The fraction of sp³-hybridized carbons (Fsp3) is 0.0870. The van der Waals surface area contributed by atoms with E-state index in [2.05, 4.69) is 5.32 Å². The smallest absolute Gasteiger partial charge is 0.270 e. The van der Waals surface area contributed by atoms with Crippen molar-refractivity contribution in [1.82, 2.24) is 9.88 Å². The van der Waals surface area contributed by atoms with Gasteiger partial charge in [-0.05, 0) is 86.2 Å². The predicted molar refractivity (Wildman–Crippen MR) is 120 cm³/mol. The van der Waals surface area contributed by atoms with Crippen LogP contribution in [0.2, 0.25) is 0 Å². The van der Waals surface area contributed by atoms with Crippen LogP contribution in [0.1, 0.15) is 17.0 Å². The number of aromatic hydroxyl groups is 1. The molecule has 0 bridgehead atoms. The minimum atomic E-state index is -0.631. The summed E-state index contributed by atoms with van der Waals surface area (Å²) >= 11 is 5.15. The van der Waals surface area contributed by atoms with E-state index in [9.17, 15) is 19.1 Å². The van der Waals surface area contributed by atoms with E-state index >= 15 is 0 Å². The second-order valence-corrected chi connectivity index (χ2v) is 7.50. The minimum absolute atomic E-state index is 0.104. The Kier molecular flexibility index (Phi) is 5.16. The first kappa shape index (κ1) is 20.5. The molecule has 8 heteroatoms. The van der Waals surface area contributed by atoms with Crippen LogP contribution in [0.25, 0.3) is 11.8 Å². The van der Waals surface area contributed by atoms with Gasteiger partial charge in [-0.2, -0.15) is 0 Å². The van der Waals surface area contributed by atoms with E-state index in [1.165, 1.54) is 24.3 Å². The van der Waals surface area contributed by atoms with E-state index in [0.29, 0.717) is 5.56 Å². The van der Waals surface area contributed by atoms with Gasteiger partial charge >= 0.3 is 0 Å². The molecular weight excluding hydrogens is 417 g/mol. The van der Waals surface area contributed by atoms with Crippen molar-refractivity contribution < 1.29 is 19.1 Å². The monoisotopic (exact) mass is 435 g/mol. The summed E-state index contributed by atoms with van der Waals surface area (Å²) in [6.45, 7) is 3.77. The third kappa shape index (κ3) is 3.73. The number of anilines is 1. The zero-order chi connectivity index (χ0) is 22.3. The van der Waals surface area contributed by atoms with Crippen LogP contribution < -0.4 is 10.2 Å². The third-order valence-corrected chi connectivity index (χ3v) is 5.33. The number of rotatable bonds is 3. The number of aryl methyl sites for hydroxylation is 1. The predicted octanol–water partition coefficient (Wildman–Crippen LogP) is 3.77. The highest BCUT2D eigenvalue weighted by molar-refractivity contribution is 7.80. The SMILES string of the molecule is Cc1cc(/C=C2\C(=O)NC(=S)N(c3cccc(F)c3)C2=O)c(C)n1-c1ccc(O)cc1. The van der Waals surface area contributed by atoms with Crippen LogP contribution in [0.15, 0.2) is 60.2 Å². The van der Waals surface area contributed by atoms with Gasteiger partial charge in [0.15, 0.2) is 5.11 Å². The molecule has 1 fully saturated rings. The first-order chi connectivity index (χ1) is 14.8. The molecule has 6 nitrogen and oxygen atoms in total. The summed E-state index contributed by atoms with van der Waals surface area (Å²) in [4.78, 5) is 26.8. The number of hydrogen-bond donors (Lipinski definition) is 2. The molecule has 0 saturated carbocycles. The van der Waals surface area contributed by atoms with Crippen molar-refractivity contribution in [2.24, 2.45) is 0 Å². The number of benzene rings is 2. The second kappa shape index (κ2) is 7.81. The van der Waals surface area contributed by atoms with Crippen LogP contribution in [0.4, 0.5) is 10.1 Å². The fourth-order valence-corrected chi connectivity index (χ4v) is 3.88. The Bertz CT molecular complexity index is 1260. The van der Waals surface area contributed by atoms with Gasteiger partial charge in [0, 0.05) is 17.1 Å². The molecule has 31 heavy (non-hydrogen) atoms. The highest BCUT2D eigenvalue weighted by Crippen LogP contribution is 2.27. The van der Waals surface area contributed by atoms with E-state index in [4.69, 9.17) is 12.2 Å². The molecule has 2 heterocycles. The van der Waals surface area contributed by atoms with Crippen molar-refractivity contribution in [3.8, 4) is 11.4 Å². The zero-order valence-electron chi connectivity index (χ0n) is 16.7. The van der Waals surface area contributed by atoms with Crippen LogP contribution in [0.3, 0.4) is 0 Å². The van der Waals surface area contributed by atoms with Gasteiger partial charge in [-0.15, -0.1) is 0 Å². The van der Waals surface area contributed by atoms with E-state index < -0.39 is 17.6 Å². The summed E-state index contributed by atoms with van der Waals surface area (Å²) < 4.78 is 15.6. The van der Waals surface area contributed by atoms with E-state index in [1.807, 2.05) is 24.5 Å². The Balaban J connectivity index is 1.76. The van der Waals surface area contributed by atoms with E-state index in [0.717, 1.165) is 22.0 Å². The summed E-state index contributed by atoms with van der Waals surface area (Å²) in [7, 11) is 0. The Labute approximate surface area is 183 Å². The standard InChI is InChI=1S/C23H18FN3O3S/c1-13-10-15(14(2)26(13)17-6-8-19(28)9-7-17)11-20-21(29)25-23(31)27(22(20)30)18-5-3-4-16(24)12-18/h3-12,28H,1-2H3,(H,25,29,31)/b20-11+. The summed E-state index contributed by atoms with van der Waals surface area (Å²) in [5, 5.41) is 11.9. The average molecular weight is 435 g/mol. The Morgan fingerprint density at radius 3 is 2.42 bits per heavy atom. The minimum Gasteiger partial charge on any atom is -0.508 e. The molecule has 1 aromatic heterocycles. The summed E-state index contributed by atoms with van der Waals surface area (Å²) in [6.07, 6.45) is 1.50. The number of aromatic nitrogens is 1. The molecule has 1 aliphatic rings. The van der Waals surface area contributed by atoms with Crippen molar-refractivity contribution in [2.45, 2.75) is 13.8 Å². The highest BCUT2D eigenvalue weighted by atomic mass is 32.1. The summed E-state index contributed by atoms with van der Waals surface area (Å²) in [5.74, 6) is -1.61. The largest absolute Gasteiger partial charge is 0.508 e. The van der Waals surface area contributed by atoms with Crippen LogP contribution in [0, 0.1) is 19.7 Å². The topological polar surface area (TPSA) is 74.6 Å². The number of carbonyl (C=O) groups excluding carboxylic acids is 2. The molecule has 2 N–H and O–H groups in total. The molecule has 0 spiro atoms. The van der Waals surface area contributed by atoms with Crippen LogP contribution in [-0.2, 0) is 9.59 Å². The maximum absolute atomic E-state index is 13.7. The first-order valence-electron chi connectivity index (χ1n) is 9.41. The Morgan fingerprint density at radius 2 is 1.74 bits per heavy atom. The summed E-state index contributed by atoms with van der Waals surface area (Å²) in [6, 6.07) is 14.0. The maximum atomic E-state index is 13.7. The normalized spacial score (nSPS) is 15.5. The number of halogens is 1. The number of amides is 2. The molecule has 2 aromatic carbocycles. The molecule has 0 atom stereocenters. The molecule has 0 unspecified atom stereocenters. The lowest BCUT2D eigenvalue weighted by atomic mass is 10.1. The number of phenols is 1. The number of nitrogens with one attached hydrogen (secondary N) is 1. The molecular formula is C23H18FN3O3S. The summed E-state index contributed by atoms with van der Waals surface area (Å²) in [5.41, 5.74) is 3.33. The number of hydrogen-bond acceptors (Lipinski definition) is 4. The lowest BCUT2D eigenvalue weighted by Gasteiger charge is -2.28. The zero-order valence-corrected chi connectivity index (χ0v) is 17.5. The third-order valence-electron chi connectivity index (χ3n) is 5.05. The number of nitrogens with zero attached hydrogens (tertiary/aromatic N) is 2. The molecule has 156 valence electrons. The second-order valence-electron chi connectivity index (χ2n) is 7.12. The van der Waals surface area contributed by atoms with Gasteiger partial charge in [-0.3, -0.25) is 19.8 Å². The Hall–Kier alpha value is -3.78. The van der Waals surface area contributed by atoms with Gasteiger partial charge in [0.2, 0.25) is 0 Å². The van der Waals surface area contributed by atoms with Crippen LogP contribution in [0.5, 0.6) is 5.75 Å². The van der Waals surface area contributed by atoms with Gasteiger partial charge < -0.3 is 9.67 Å². The lowest BCUT2D eigenvalue weighted by molar-refractivity contribution is -0.122. The van der Waals surface area contributed by atoms with Crippen molar-refractivity contribution in [3.05, 3.63) is 82.9 Å². The lowest BCUT2D eigenvalue weighted by Crippen LogP contribution is -2.54.